The molecule has 1 aliphatic rings. The van der Waals surface area contributed by atoms with Crippen LogP contribution in [0.25, 0.3) is 0 Å². The molecule has 2 aromatic rings. The molecule has 1 aliphatic heterocycles. The number of ether oxygens (including phenoxy) is 2. The first-order valence-corrected chi connectivity index (χ1v) is 10.2. The number of amides is 2. The number of rotatable bonds is 6. The molecule has 164 valence electrons. The van der Waals surface area contributed by atoms with Gasteiger partial charge in [-0.25, -0.2) is 4.39 Å². The van der Waals surface area contributed by atoms with Gasteiger partial charge in [-0.15, -0.1) is 6.58 Å². The topological polar surface area (TPSA) is 59.1 Å². The zero-order valence-electron chi connectivity index (χ0n) is 17.5. The van der Waals surface area contributed by atoms with Gasteiger partial charge in [-0.05, 0) is 36.8 Å². The third-order valence-electron chi connectivity index (χ3n) is 5.18. The number of hydrogen-bond donors (Lipinski definition) is 0. The molecule has 0 saturated carbocycles. The molecule has 0 unspecified atom stereocenters. The Morgan fingerprint density at radius 2 is 1.71 bits per heavy atom. The predicted molar refractivity (Wildman–Crippen MR) is 117 cm³/mol. The molecule has 0 spiro atoms. The van der Waals surface area contributed by atoms with Crippen molar-refractivity contribution < 1.29 is 23.5 Å². The van der Waals surface area contributed by atoms with Crippen LogP contribution in [0.5, 0.6) is 11.5 Å². The van der Waals surface area contributed by atoms with Crippen LogP contribution in [0.2, 0.25) is 5.02 Å². The summed E-state index contributed by atoms with van der Waals surface area (Å²) in [5.41, 5.74) is 1.53. The number of benzene rings is 2. The summed E-state index contributed by atoms with van der Waals surface area (Å²) >= 11 is 6.02. The molecule has 6 nitrogen and oxygen atoms in total. The number of piperazine rings is 1. The largest absolute Gasteiger partial charge is 0.493 e. The lowest BCUT2D eigenvalue weighted by atomic mass is 10.0. The van der Waals surface area contributed by atoms with E-state index in [0.717, 1.165) is 11.6 Å². The van der Waals surface area contributed by atoms with Gasteiger partial charge in [-0.2, -0.15) is 0 Å². The van der Waals surface area contributed by atoms with Crippen LogP contribution in [0.3, 0.4) is 0 Å². The summed E-state index contributed by atoms with van der Waals surface area (Å²) in [4.78, 5) is 29.1. The summed E-state index contributed by atoms with van der Waals surface area (Å²) in [7, 11) is 3.07. The average Bonchev–Trinajstić information content (AvgIpc) is 2.78. The summed E-state index contributed by atoms with van der Waals surface area (Å²) < 4.78 is 24.1. The first-order chi connectivity index (χ1) is 14.9. The zero-order valence-corrected chi connectivity index (χ0v) is 18.2. The van der Waals surface area contributed by atoms with Gasteiger partial charge in [0.2, 0.25) is 0 Å². The lowest BCUT2D eigenvalue weighted by Crippen LogP contribution is -2.50. The minimum Gasteiger partial charge on any atom is -0.493 e. The smallest absolute Gasteiger partial charge is 0.255 e. The van der Waals surface area contributed by atoms with Crippen molar-refractivity contribution in [1.82, 2.24) is 9.80 Å². The van der Waals surface area contributed by atoms with Crippen molar-refractivity contribution in [2.75, 3.05) is 40.4 Å². The summed E-state index contributed by atoms with van der Waals surface area (Å²) in [6, 6.07) is 7.14. The lowest BCUT2D eigenvalue weighted by Gasteiger charge is -2.35. The fourth-order valence-corrected chi connectivity index (χ4v) is 3.85. The van der Waals surface area contributed by atoms with E-state index in [1.165, 1.54) is 19.2 Å². The highest BCUT2D eigenvalue weighted by Gasteiger charge is 2.27. The van der Waals surface area contributed by atoms with Crippen LogP contribution in [-0.4, -0.2) is 62.0 Å². The predicted octanol–water partition coefficient (Wildman–Crippen LogP) is 3.82. The van der Waals surface area contributed by atoms with Gasteiger partial charge in [0.05, 0.1) is 24.8 Å². The van der Waals surface area contributed by atoms with Gasteiger partial charge in [0, 0.05) is 37.3 Å². The Bertz CT molecular complexity index is 1000. The van der Waals surface area contributed by atoms with E-state index in [0.29, 0.717) is 49.7 Å². The molecule has 2 amide bonds. The number of allylic oxidation sites excluding steroid dienone is 1. The number of nitrogens with zero attached hydrogens (tertiary/aromatic N) is 2. The molecule has 1 saturated heterocycles. The van der Waals surface area contributed by atoms with E-state index < -0.39 is 5.82 Å². The van der Waals surface area contributed by atoms with E-state index in [1.807, 2.05) is 0 Å². The zero-order chi connectivity index (χ0) is 22.5. The molecule has 1 fully saturated rings. The van der Waals surface area contributed by atoms with Crippen LogP contribution in [-0.2, 0) is 6.42 Å². The number of carbonyl (C=O) groups is 2. The van der Waals surface area contributed by atoms with Crippen LogP contribution in [0.1, 0.15) is 26.3 Å². The summed E-state index contributed by atoms with van der Waals surface area (Å²) in [6.07, 6.45) is 2.26. The van der Waals surface area contributed by atoms with Gasteiger partial charge in [0.25, 0.3) is 11.8 Å². The SMILES string of the molecule is C=CCc1cc(C(=O)N2CCN(C(=O)c3ccc(F)cc3Cl)CC2)cc(OC)c1OC. The monoisotopic (exact) mass is 446 g/mol. The van der Waals surface area contributed by atoms with Gasteiger partial charge < -0.3 is 19.3 Å². The highest BCUT2D eigenvalue weighted by Crippen LogP contribution is 2.33. The molecular weight excluding hydrogens is 423 g/mol. The standard InChI is InChI=1S/C23H24ClFN2O4/c1-4-5-15-12-16(13-20(30-2)21(15)31-3)22(28)26-8-10-27(11-9-26)23(29)18-7-6-17(25)14-19(18)24/h4,6-7,12-14H,1,5,8-11H2,2-3H3. The van der Waals surface area contributed by atoms with Gasteiger partial charge in [0.1, 0.15) is 5.82 Å². The quantitative estimate of drug-likeness (QED) is 0.633. The minimum atomic E-state index is -0.497. The van der Waals surface area contributed by atoms with Crippen molar-refractivity contribution in [2.45, 2.75) is 6.42 Å². The van der Waals surface area contributed by atoms with E-state index in [9.17, 15) is 14.0 Å². The van der Waals surface area contributed by atoms with Crippen LogP contribution >= 0.6 is 11.6 Å². The molecule has 1 heterocycles. The van der Waals surface area contributed by atoms with Crippen LogP contribution in [0, 0.1) is 5.82 Å². The van der Waals surface area contributed by atoms with Gasteiger partial charge in [-0.1, -0.05) is 17.7 Å². The number of halogens is 2. The third-order valence-corrected chi connectivity index (χ3v) is 5.50. The highest BCUT2D eigenvalue weighted by atomic mass is 35.5. The third kappa shape index (κ3) is 4.82. The molecule has 31 heavy (non-hydrogen) atoms. The Labute approximate surface area is 185 Å². The van der Waals surface area contributed by atoms with Crippen molar-refractivity contribution in [3.05, 3.63) is 70.5 Å². The lowest BCUT2D eigenvalue weighted by molar-refractivity contribution is 0.0535. The first kappa shape index (κ1) is 22.6. The Balaban J connectivity index is 1.73. The normalized spacial score (nSPS) is 13.7. The van der Waals surface area contributed by atoms with E-state index in [-0.39, 0.29) is 22.4 Å². The van der Waals surface area contributed by atoms with E-state index in [4.69, 9.17) is 21.1 Å². The minimum absolute atomic E-state index is 0.0728. The van der Waals surface area contributed by atoms with E-state index in [1.54, 1.807) is 35.1 Å². The Kier molecular flexibility index (Phi) is 7.17. The Morgan fingerprint density at radius 1 is 1.06 bits per heavy atom. The molecule has 3 rings (SSSR count). The van der Waals surface area contributed by atoms with E-state index >= 15 is 0 Å². The molecule has 0 atom stereocenters. The molecule has 8 heteroatoms. The molecule has 0 radical (unpaired) electrons. The van der Waals surface area contributed by atoms with Gasteiger partial charge >= 0.3 is 0 Å². The number of carbonyl (C=O) groups excluding carboxylic acids is 2. The van der Waals surface area contributed by atoms with Crippen molar-refractivity contribution in [3.8, 4) is 11.5 Å². The second-order valence-corrected chi connectivity index (χ2v) is 7.48. The molecule has 2 aromatic carbocycles. The average molecular weight is 447 g/mol. The molecule has 0 N–H and O–H groups in total. The van der Waals surface area contributed by atoms with E-state index in [2.05, 4.69) is 6.58 Å². The second-order valence-electron chi connectivity index (χ2n) is 7.07. The molecular formula is C23H24ClFN2O4. The highest BCUT2D eigenvalue weighted by molar-refractivity contribution is 6.33. The van der Waals surface area contributed by atoms with Crippen molar-refractivity contribution >= 4 is 23.4 Å². The maximum Gasteiger partial charge on any atom is 0.255 e. The maximum absolute atomic E-state index is 13.3. The van der Waals surface area contributed by atoms with Crippen molar-refractivity contribution in [2.24, 2.45) is 0 Å². The van der Waals surface area contributed by atoms with Gasteiger partial charge in [-0.3, -0.25) is 9.59 Å². The second kappa shape index (κ2) is 9.83. The fourth-order valence-electron chi connectivity index (χ4n) is 3.60. The Hall–Kier alpha value is -3.06. The first-order valence-electron chi connectivity index (χ1n) is 9.79. The van der Waals surface area contributed by atoms with Crippen LogP contribution in [0.15, 0.2) is 43.0 Å². The maximum atomic E-state index is 13.3. The number of hydrogen-bond acceptors (Lipinski definition) is 4. The van der Waals surface area contributed by atoms with Crippen LogP contribution < -0.4 is 9.47 Å². The van der Waals surface area contributed by atoms with Crippen molar-refractivity contribution in [1.29, 1.82) is 0 Å². The molecule has 0 aliphatic carbocycles. The Morgan fingerprint density at radius 3 is 2.26 bits per heavy atom. The van der Waals surface area contributed by atoms with Crippen LogP contribution in [0.4, 0.5) is 4.39 Å². The van der Waals surface area contributed by atoms with Gasteiger partial charge in [0.15, 0.2) is 11.5 Å². The summed E-state index contributed by atoms with van der Waals surface area (Å²) in [6.45, 7) is 5.20. The molecule has 0 bridgehead atoms. The number of methoxy groups -OCH3 is 2. The van der Waals surface area contributed by atoms with Crippen molar-refractivity contribution in [3.63, 3.8) is 0 Å². The molecule has 0 aromatic heterocycles. The summed E-state index contributed by atoms with van der Waals surface area (Å²) in [5, 5.41) is 0.0728. The fraction of sp³-hybridized carbons (Fsp3) is 0.304. The summed E-state index contributed by atoms with van der Waals surface area (Å²) in [5.74, 6) is 0.118.